The van der Waals surface area contributed by atoms with Crippen LogP contribution in [-0.4, -0.2) is 4.98 Å². The normalized spacial score (nSPS) is 18.7. The lowest BCUT2D eigenvalue weighted by Gasteiger charge is -2.22. The molecule has 0 bridgehead atoms. The molecule has 0 spiro atoms. The van der Waals surface area contributed by atoms with Crippen molar-refractivity contribution in [1.82, 2.24) is 4.98 Å². The van der Waals surface area contributed by atoms with Gasteiger partial charge in [0.1, 0.15) is 0 Å². The maximum Gasteiger partial charge on any atom is 0.0705 e. The standard InChI is InChI=1S/C32H33N/c1-24-23-33-32(22-29(24)19-25-11-5-2-6-12-25)28-17-18-31(27-15-9-4-10-16-27)30(21-28)20-26-13-7-3-8-14-26/h3-4,7-10,13-18,21-23,25H,2,5-6,11-12,19-20H2,1H3/i1D3,19D2,20D2. The van der Waals surface area contributed by atoms with Crippen molar-refractivity contribution in [3.63, 3.8) is 0 Å². The number of aromatic nitrogens is 1. The molecule has 0 unspecified atom stereocenters. The van der Waals surface area contributed by atoms with Crippen LogP contribution in [0.1, 0.15) is 64.0 Å². The number of benzene rings is 3. The quantitative estimate of drug-likeness (QED) is 0.294. The zero-order valence-electron chi connectivity index (χ0n) is 25.7. The lowest BCUT2D eigenvalue weighted by Crippen LogP contribution is -2.10. The van der Waals surface area contributed by atoms with Gasteiger partial charge < -0.3 is 0 Å². The molecule has 1 heteroatoms. The Labute approximate surface area is 208 Å². The van der Waals surface area contributed by atoms with Crippen molar-refractivity contribution >= 4 is 0 Å². The van der Waals surface area contributed by atoms with Gasteiger partial charge in [0.25, 0.3) is 0 Å². The molecule has 3 aromatic carbocycles. The van der Waals surface area contributed by atoms with Crippen molar-refractivity contribution in [3.05, 3.63) is 113 Å². The second kappa shape index (κ2) is 10.2. The molecular weight excluding hydrogens is 398 g/mol. The molecule has 1 aliphatic carbocycles. The van der Waals surface area contributed by atoms with E-state index in [0.29, 0.717) is 22.4 Å². The Morgan fingerprint density at radius 2 is 1.58 bits per heavy atom. The van der Waals surface area contributed by atoms with Crippen LogP contribution in [0.15, 0.2) is 91.1 Å². The third kappa shape index (κ3) is 5.25. The predicted octanol–water partition coefficient (Wildman–Crippen LogP) is 8.44. The number of pyridine rings is 1. The largest absolute Gasteiger partial charge is 0.256 e. The van der Waals surface area contributed by atoms with E-state index in [1.807, 2.05) is 60.7 Å². The monoisotopic (exact) mass is 438 g/mol. The van der Waals surface area contributed by atoms with Gasteiger partial charge in [0.15, 0.2) is 0 Å². The summed E-state index contributed by atoms with van der Waals surface area (Å²) in [6, 6.07) is 25.7. The summed E-state index contributed by atoms with van der Waals surface area (Å²) in [6.07, 6.45) is 2.01. The van der Waals surface area contributed by atoms with Gasteiger partial charge in [-0.25, -0.2) is 0 Å². The molecule has 0 atom stereocenters. The van der Waals surface area contributed by atoms with Gasteiger partial charge in [-0.3, -0.25) is 4.98 Å². The van der Waals surface area contributed by atoms with Crippen LogP contribution in [0.3, 0.4) is 0 Å². The van der Waals surface area contributed by atoms with Crippen LogP contribution < -0.4 is 0 Å². The van der Waals surface area contributed by atoms with Crippen molar-refractivity contribution in [2.24, 2.45) is 5.92 Å². The Balaban J connectivity index is 1.68. The first-order valence-corrected chi connectivity index (χ1v) is 11.8. The third-order valence-corrected chi connectivity index (χ3v) is 6.32. The molecule has 1 fully saturated rings. The van der Waals surface area contributed by atoms with Crippen LogP contribution in [0.25, 0.3) is 22.4 Å². The summed E-state index contributed by atoms with van der Waals surface area (Å²) in [5.74, 6) is -0.263. The van der Waals surface area contributed by atoms with E-state index in [4.69, 9.17) is 9.60 Å². The van der Waals surface area contributed by atoms with Gasteiger partial charge in [0.05, 0.1) is 5.69 Å². The summed E-state index contributed by atoms with van der Waals surface area (Å²) in [6.45, 7) is -2.50. The molecule has 1 aliphatic rings. The summed E-state index contributed by atoms with van der Waals surface area (Å²) < 4.78 is 60.7. The third-order valence-electron chi connectivity index (χ3n) is 6.32. The van der Waals surface area contributed by atoms with Gasteiger partial charge in [0.2, 0.25) is 0 Å². The van der Waals surface area contributed by atoms with Crippen molar-refractivity contribution in [1.29, 1.82) is 0 Å². The maximum atomic E-state index is 9.16. The van der Waals surface area contributed by atoms with E-state index in [2.05, 4.69) is 4.98 Å². The van der Waals surface area contributed by atoms with Crippen LogP contribution in [-0.2, 0) is 12.7 Å². The topological polar surface area (TPSA) is 12.9 Å². The van der Waals surface area contributed by atoms with E-state index < -0.39 is 19.6 Å². The molecular formula is C32H33N. The Kier molecular flexibility index (Phi) is 4.58. The summed E-state index contributed by atoms with van der Waals surface area (Å²) >= 11 is 0. The Morgan fingerprint density at radius 3 is 2.33 bits per heavy atom. The fourth-order valence-electron chi connectivity index (χ4n) is 4.55. The zero-order valence-corrected chi connectivity index (χ0v) is 18.7. The van der Waals surface area contributed by atoms with E-state index in [0.717, 1.165) is 43.2 Å². The predicted molar refractivity (Wildman–Crippen MR) is 139 cm³/mol. The number of rotatable bonds is 6. The van der Waals surface area contributed by atoms with E-state index in [1.54, 1.807) is 24.3 Å². The van der Waals surface area contributed by atoms with Crippen molar-refractivity contribution in [2.75, 3.05) is 0 Å². The first kappa shape index (κ1) is 14.9. The van der Waals surface area contributed by atoms with Crippen LogP contribution in [0.4, 0.5) is 0 Å². The fraction of sp³-hybridized carbons (Fsp3) is 0.281. The number of hydrogen-bond acceptors (Lipinski definition) is 1. The number of hydrogen-bond donors (Lipinski definition) is 0. The second-order valence-corrected chi connectivity index (χ2v) is 8.71. The highest BCUT2D eigenvalue weighted by Crippen LogP contribution is 2.32. The van der Waals surface area contributed by atoms with Gasteiger partial charge in [0, 0.05) is 21.4 Å². The first-order chi connectivity index (χ1) is 19.0. The second-order valence-electron chi connectivity index (χ2n) is 8.71. The van der Waals surface area contributed by atoms with Crippen molar-refractivity contribution in [2.45, 2.75) is 51.7 Å². The van der Waals surface area contributed by atoms with Crippen LogP contribution >= 0.6 is 0 Å². The van der Waals surface area contributed by atoms with Crippen LogP contribution in [0.2, 0.25) is 0 Å². The van der Waals surface area contributed by atoms with Gasteiger partial charge in [-0.05, 0) is 71.0 Å². The molecule has 0 saturated heterocycles. The molecule has 1 nitrogen and oxygen atoms in total. The summed E-state index contributed by atoms with van der Waals surface area (Å²) in [5, 5.41) is 0. The average molecular weight is 439 g/mol. The van der Waals surface area contributed by atoms with Crippen LogP contribution in [0.5, 0.6) is 0 Å². The van der Waals surface area contributed by atoms with Gasteiger partial charge in [-0.15, -0.1) is 0 Å². The molecule has 5 rings (SSSR count). The lowest BCUT2D eigenvalue weighted by molar-refractivity contribution is 0.356. The van der Waals surface area contributed by atoms with Crippen LogP contribution in [0, 0.1) is 12.8 Å². The first-order valence-electron chi connectivity index (χ1n) is 15.3. The molecule has 1 saturated carbocycles. The number of nitrogens with zero attached hydrogens (tertiary/aromatic N) is 1. The Morgan fingerprint density at radius 1 is 0.818 bits per heavy atom. The molecule has 0 amide bonds. The molecule has 0 N–H and O–H groups in total. The van der Waals surface area contributed by atoms with Gasteiger partial charge >= 0.3 is 0 Å². The Bertz CT molecular complexity index is 1460. The molecule has 1 aromatic heterocycles. The average Bonchev–Trinajstić information content (AvgIpc) is 2.97. The summed E-state index contributed by atoms with van der Waals surface area (Å²) in [5.41, 5.74) is 3.72. The van der Waals surface area contributed by atoms with Gasteiger partial charge in [-0.2, -0.15) is 0 Å². The minimum atomic E-state index is -2.50. The molecule has 4 aromatic rings. The molecule has 1 heterocycles. The highest BCUT2D eigenvalue weighted by molar-refractivity contribution is 5.73. The maximum absolute atomic E-state index is 9.16. The highest BCUT2D eigenvalue weighted by Gasteiger charge is 2.16. The lowest BCUT2D eigenvalue weighted by atomic mass is 9.84. The summed E-state index contributed by atoms with van der Waals surface area (Å²) in [4.78, 5) is 4.48. The number of aryl methyl sites for hydroxylation is 1. The molecule has 166 valence electrons. The van der Waals surface area contributed by atoms with Crippen molar-refractivity contribution < 1.29 is 9.60 Å². The van der Waals surface area contributed by atoms with E-state index >= 15 is 0 Å². The van der Waals surface area contributed by atoms with E-state index in [-0.39, 0.29) is 17.0 Å². The molecule has 0 aliphatic heterocycles. The fourth-order valence-corrected chi connectivity index (χ4v) is 4.55. The SMILES string of the molecule is [2H]C([2H])([2H])c1cnc(-c2ccc(-c3ccccc3)c(C([2H])([2H])c3ccccc3)c2)cc1C([2H])([2H])C1CCCCC1. The highest BCUT2D eigenvalue weighted by atomic mass is 14.7. The molecule has 33 heavy (non-hydrogen) atoms. The minimum Gasteiger partial charge on any atom is -0.256 e. The van der Waals surface area contributed by atoms with E-state index in [1.165, 1.54) is 6.20 Å². The Hall–Kier alpha value is -3.19. The van der Waals surface area contributed by atoms with E-state index in [9.17, 15) is 0 Å². The molecule has 0 radical (unpaired) electrons. The zero-order chi connectivity index (χ0) is 28.5. The summed E-state index contributed by atoms with van der Waals surface area (Å²) in [7, 11) is 0. The minimum absolute atomic E-state index is 0.0624. The smallest absolute Gasteiger partial charge is 0.0705 e. The van der Waals surface area contributed by atoms with Crippen molar-refractivity contribution in [3.8, 4) is 22.4 Å². The van der Waals surface area contributed by atoms with Gasteiger partial charge in [-0.1, -0.05) is 105 Å².